The maximum atomic E-state index is 13.4. The molecule has 0 bridgehead atoms. The molecule has 11 nitrogen and oxygen atoms in total. The van der Waals surface area contributed by atoms with Gasteiger partial charge in [0.25, 0.3) is 0 Å². The van der Waals surface area contributed by atoms with Crippen LogP contribution in [0.5, 0.6) is 5.75 Å². The highest BCUT2D eigenvalue weighted by atomic mass is 79.9. The molecule has 0 spiro atoms. The lowest BCUT2D eigenvalue weighted by Crippen LogP contribution is -2.46. The van der Waals surface area contributed by atoms with Gasteiger partial charge in [-0.2, -0.15) is 4.98 Å². The second-order valence-electron chi connectivity index (χ2n) is 11.9. The van der Waals surface area contributed by atoms with Gasteiger partial charge >= 0.3 is 0 Å². The Morgan fingerprint density at radius 2 is 1.85 bits per heavy atom. The van der Waals surface area contributed by atoms with E-state index in [1.807, 2.05) is 24.3 Å². The van der Waals surface area contributed by atoms with Crippen molar-refractivity contribution in [2.24, 2.45) is 0 Å². The number of benzene rings is 2. The van der Waals surface area contributed by atoms with Crippen LogP contribution in [0.3, 0.4) is 0 Å². The van der Waals surface area contributed by atoms with Crippen molar-refractivity contribution >= 4 is 74.3 Å². The zero-order chi connectivity index (χ0) is 32.3. The number of nitrogens with zero attached hydrogens (tertiary/aromatic N) is 6. The van der Waals surface area contributed by atoms with E-state index in [9.17, 15) is 4.57 Å². The number of aromatic nitrogens is 4. The Labute approximate surface area is 278 Å². The third kappa shape index (κ3) is 7.05. The molecule has 2 aromatic heterocycles. The first-order valence-corrected chi connectivity index (χ1v) is 18.9. The topological polar surface area (TPSA) is 118 Å². The third-order valence-corrected chi connectivity index (χ3v) is 10.7. The van der Waals surface area contributed by atoms with Crippen LogP contribution in [0.2, 0.25) is 0 Å². The Morgan fingerprint density at radius 3 is 2.61 bits per heavy atom. The number of nitrogens with one attached hydrogen (secondary N) is 2. The van der Waals surface area contributed by atoms with E-state index in [1.165, 1.54) is 0 Å². The predicted octanol–water partition coefficient (Wildman–Crippen LogP) is 6.26. The molecule has 0 unspecified atom stereocenters. The summed E-state index contributed by atoms with van der Waals surface area (Å²) in [6.45, 7) is 13.3. The number of hydrogen-bond donors (Lipinski definition) is 2. The summed E-state index contributed by atoms with van der Waals surface area (Å²) in [5.74, 6) is 1.56. The number of hydrogen-bond acceptors (Lipinski definition) is 11. The molecular weight excluding hydrogens is 667 g/mol. The summed E-state index contributed by atoms with van der Waals surface area (Å²) in [6.07, 6.45) is 10.1. The van der Waals surface area contributed by atoms with Gasteiger partial charge in [-0.15, -0.1) is 0 Å². The normalized spacial score (nSPS) is 16.7. The summed E-state index contributed by atoms with van der Waals surface area (Å²) < 4.78 is 25.6. The highest BCUT2D eigenvalue weighted by Crippen LogP contribution is 2.42. The molecule has 4 aromatic rings. The second kappa shape index (κ2) is 14.0. The molecule has 0 saturated carbocycles. The van der Waals surface area contributed by atoms with Crippen molar-refractivity contribution in [3.05, 3.63) is 59.5 Å². The summed E-state index contributed by atoms with van der Waals surface area (Å²) in [7, 11) is -1.08. The third-order valence-electron chi connectivity index (χ3n) is 8.54. The largest absolute Gasteiger partial charge is 0.494 e. The van der Waals surface area contributed by atoms with Gasteiger partial charge < -0.3 is 29.6 Å². The molecule has 0 amide bonds. The maximum Gasteiger partial charge on any atom is 0.229 e. The molecule has 46 heavy (non-hydrogen) atoms. The van der Waals surface area contributed by atoms with Gasteiger partial charge in [-0.05, 0) is 72.3 Å². The van der Waals surface area contributed by atoms with Crippen molar-refractivity contribution < 1.29 is 14.0 Å². The minimum atomic E-state index is -2.75. The minimum absolute atomic E-state index is 0.368. The fraction of sp³-hybridized carbons (Fsp3) is 0.394. The lowest BCUT2D eigenvalue weighted by Gasteiger charge is -2.39. The maximum absolute atomic E-state index is 13.4. The summed E-state index contributed by atoms with van der Waals surface area (Å²) in [5.41, 5.74) is 4.76. The van der Waals surface area contributed by atoms with Crippen LogP contribution in [-0.4, -0.2) is 90.7 Å². The average molecular weight is 708 g/mol. The molecule has 2 fully saturated rings. The number of fused-ring (bicyclic) bond motifs is 1. The molecule has 2 aromatic carbocycles. The molecule has 13 heteroatoms. The van der Waals surface area contributed by atoms with Gasteiger partial charge in [0, 0.05) is 69.2 Å². The number of piperidine rings is 1. The molecule has 4 heterocycles. The van der Waals surface area contributed by atoms with E-state index in [0.717, 1.165) is 75.6 Å². The Kier molecular flexibility index (Phi) is 9.89. The SMILES string of the molecule is C=Cc1cc(Nc2ncc(Br)c(Nc3ccc4nccnc4c3P(C)(C)=O)n2)c(OC)cc1N1CCC(N2CCCOCC2)CC1. The smallest absolute Gasteiger partial charge is 0.229 e. The second-order valence-corrected chi connectivity index (χ2v) is 15.9. The fourth-order valence-electron chi connectivity index (χ4n) is 6.32. The monoisotopic (exact) mass is 706 g/mol. The van der Waals surface area contributed by atoms with E-state index in [-0.39, 0.29) is 0 Å². The van der Waals surface area contributed by atoms with Crippen molar-refractivity contribution in [2.75, 3.05) is 75.4 Å². The van der Waals surface area contributed by atoms with Crippen molar-refractivity contribution in [1.82, 2.24) is 24.8 Å². The number of halogens is 1. The first-order valence-electron chi connectivity index (χ1n) is 15.5. The van der Waals surface area contributed by atoms with E-state index in [0.29, 0.717) is 50.1 Å². The van der Waals surface area contributed by atoms with Crippen LogP contribution in [0.15, 0.2) is 53.9 Å². The lowest BCUT2D eigenvalue weighted by atomic mass is 10.0. The van der Waals surface area contributed by atoms with Crippen molar-refractivity contribution in [3.63, 3.8) is 0 Å². The summed E-state index contributed by atoms with van der Waals surface area (Å²) in [5, 5.41) is 7.32. The van der Waals surface area contributed by atoms with Crippen LogP contribution in [-0.2, 0) is 9.30 Å². The van der Waals surface area contributed by atoms with Crippen molar-refractivity contribution in [3.8, 4) is 5.75 Å². The first-order chi connectivity index (χ1) is 22.2. The highest BCUT2D eigenvalue weighted by molar-refractivity contribution is 9.10. The number of anilines is 5. The van der Waals surface area contributed by atoms with Gasteiger partial charge in [0.2, 0.25) is 5.95 Å². The molecule has 2 saturated heterocycles. The highest BCUT2D eigenvalue weighted by Gasteiger charge is 2.27. The molecule has 0 radical (unpaired) electrons. The molecular formula is C33H40BrN8O3P. The van der Waals surface area contributed by atoms with Crippen LogP contribution in [0.4, 0.5) is 28.8 Å². The van der Waals surface area contributed by atoms with Gasteiger partial charge in [-0.1, -0.05) is 12.7 Å². The molecule has 2 N–H and O–H groups in total. The molecule has 242 valence electrons. The van der Waals surface area contributed by atoms with Crippen molar-refractivity contribution in [1.29, 1.82) is 0 Å². The zero-order valence-corrected chi connectivity index (χ0v) is 29.0. The first kappa shape index (κ1) is 32.4. The number of methoxy groups -OCH3 is 1. The summed E-state index contributed by atoms with van der Waals surface area (Å²) in [4.78, 5) is 23.2. The van der Waals surface area contributed by atoms with E-state index >= 15 is 0 Å². The van der Waals surface area contributed by atoms with Gasteiger partial charge in [-0.25, -0.2) is 4.98 Å². The van der Waals surface area contributed by atoms with Gasteiger partial charge in [0.1, 0.15) is 24.2 Å². The van der Waals surface area contributed by atoms with Gasteiger partial charge in [0.15, 0.2) is 0 Å². The van der Waals surface area contributed by atoms with Crippen LogP contribution < -0.4 is 25.6 Å². The minimum Gasteiger partial charge on any atom is -0.494 e. The van der Waals surface area contributed by atoms with Crippen LogP contribution in [0, 0.1) is 0 Å². The Balaban J connectivity index is 1.23. The van der Waals surface area contributed by atoms with E-state index in [2.05, 4.69) is 64.0 Å². The number of ether oxygens (including phenoxy) is 2. The van der Waals surface area contributed by atoms with E-state index < -0.39 is 7.14 Å². The number of rotatable bonds is 9. The zero-order valence-electron chi connectivity index (χ0n) is 26.5. The van der Waals surface area contributed by atoms with Crippen molar-refractivity contribution in [2.45, 2.75) is 25.3 Å². The summed E-state index contributed by atoms with van der Waals surface area (Å²) in [6, 6.07) is 8.40. The van der Waals surface area contributed by atoms with E-state index in [4.69, 9.17) is 14.5 Å². The Morgan fingerprint density at radius 1 is 1.04 bits per heavy atom. The van der Waals surface area contributed by atoms with Crippen LogP contribution in [0.1, 0.15) is 24.8 Å². The van der Waals surface area contributed by atoms with Gasteiger partial charge in [-0.3, -0.25) is 14.9 Å². The average Bonchev–Trinajstić information content (AvgIpc) is 3.35. The fourth-order valence-corrected chi connectivity index (χ4v) is 8.01. The molecule has 0 aliphatic carbocycles. The quantitative estimate of drug-likeness (QED) is 0.192. The molecule has 2 aliphatic heterocycles. The Hall–Kier alpha value is -3.57. The molecule has 6 rings (SSSR count). The molecule has 0 atom stereocenters. The standard InChI is InChI=1S/C33H40BrN8O3P/c1-5-22-19-27(29(44-2)20-28(22)42-14-9-23(10-15-42)41-13-6-17-45-18-16-41)39-33-37-21-24(34)32(40-33)38-26-8-7-25-30(36-12-11-35-25)31(26)46(3,4)43/h5,7-8,11-12,19-21,23H,1,6,9-10,13-18H2,2-4H3,(H2,37,38,39,40). The molecule has 2 aliphatic rings. The van der Waals surface area contributed by atoms with Crippen LogP contribution >= 0.6 is 23.1 Å². The van der Waals surface area contributed by atoms with Gasteiger partial charge in [0.05, 0.1) is 40.4 Å². The van der Waals surface area contributed by atoms with E-state index in [1.54, 1.807) is 39.0 Å². The Bertz CT molecular complexity index is 1770. The predicted molar refractivity (Wildman–Crippen MR) is 190 cm³/mol. The lowest BCUT2D eigenvalue weighted by molar-refractivity contribution is 0.125. The van der Waals surface area contributed by atoms with Crippen LogP contribution in [0.25, 0.3) is 17.1 Å². The summed E-state index contributed by atoms with van der Waals surface area (Å²) >= 11 is 3.57.